The normalized spacial score (nSPS) is 19.4. The van der Waals surface area contributed by atoms with E-state index >= 15 is 0 Å². The molecule has 2 fully saturated rings. The van der Waals surface area contributed by atoms with Crippen molar-refractivity contribution in [2.75, 3.05) is 34.8 Å². The van der Waals surface area contributed by atoms with Crippen LogP contribution < -0.4 is 15.1 Å². The molecule has 7 heteroatoms. The average molecular weight is 379 g/mol. The molecular formula is C21H25N5O2. The van der Waals surface area contributed by atoms with Gasteiger partial charge in [0.05, 0.1) is 24.0 Å². The summed E-state index contributed by atoms with van der Waals surface area (Å²) in [5.41, 5.74) is 3.72. The van der Waals surface area contributed by atoms with Crippen molar-refractivity contribution < 1.29 is 9.59 Å². The molecule has 1 N–H and O–H groups in total. The van der Waals surface area contributed by atoms with E-state index in [1.54, 1.807) is 17.3 Å². The van der Waals surface area contributed by atoms with E-state index in [-0.39, 0.29) is 24.2 Å². The highest BCUT2D eigenvalue weighted by atomic mass is 16.2. The van der Waals surface area contributed by atoms with Gasteiger partial charge in [-0.2, -0.15) is 0 Å². The first-order chi connectivity index (χ1) is 13.5. The number of amides is 2. The summed E-state index contributed by atoms with van der Waals surface area (Å²) in [6.45, 7) is 6.40. The largest absolute Gasteiger partial charge is 0.341 e. The van der Waals surface area contributed by atoms with Crippen LogP contribution in [0.5, 0.6) is 0 Å². The van der Waals surface area contributed by atoms with Crippen molar-refractivity contribution in [3.8, 4) is 0 Å². The van der Waals surface area contributed by atoms with Gasteiger partial charge in [-0.25, -0.2) is 9.97 Å². The first-order valence-corrected chi connectivity index (χ1v) is 9.77. The number of nitrogens with zero attached hydrogens (tertiary/aromatic N) is 4. The summed E-state index contributed by atoms with van der Waals surface area (Å²) in [7, 11) is 0. The fourth-order valence-corrected chi connectivity index (χ4v) is 3.74. The van der Waals surface area contributed by atoms with E-state index in [1.165, 1.54) is 5.56 Å². The molecule has 0 aliphatic carbocycles. The second kappa shape index (κ2) is 7.58. The lowest BCUT2D eigenvalue weighted by Crippen LogP contribution is -2.28. The van der Waals surface area contributed by atoms with E-state index in [4.69, 9.17) is 0 Å². The molecule has 28 heavy (non-hydrogen) atoms. The summed E-state index contributed by atoms with van der Waals surface area (Å²) in [5, 5.41) is 2.85. The topological polar surface area (TPSA) is 78.4 Å². The fourth-order valence-electron chi connectivity index (χ4n) is 3.74. The van der Waals surface area contributed by atoms with Crippen LogP contribution in [0.4, 0.5) is 17.3 Å². The maximum atomic E-state index is 12.6. The van der Waals surface area contributed by atoms with Crippen molar-refractivity contribution in [2.24, 2.45) is 5.92 Å². The molecule has 3 heterocycles. The number of anilines is 3. The van der Waals surface area contributed by atoms with Gasteiger partial charge in [-0.05, 0) is 49.9 Å². The molecule has 1 aromatic carbocycles. The number of aryl methyl sites for hydroxylation is 2. The molecule has 0 bridgehead atoms. The van der Waals surface area contributed by atoms with Crippen LogP contribution in [0.25, 0.3) is 0 Å². The van der Waals surface area contributed by atoms with Crippen LogP contribution in [0.1, 0.15) is 30.4 Å². The van der Waals surface area contributed by atoms with Gasteiger partial charge in [0, 0.05) is 31.7 Å². The molecule has 2 aliphatic heterocycles. The lowest BCUT2D eigenvalue weighted by atomic mass is 10.1. The van der Waals surface area contributed by atoms with Crippen molar-refractivity contribution in [2.45, 2.75) is 33.1 Å². The molecule has 1 unspecified atom stereocenters. The quantitative estimate of drug-likeness (QED) is 0.884. The molecule has 2 aromatic rings. The highest BCUT2D eigenvalue weighted by Gasteiger charge is 2.35. The number of hydrogen-bond donors (Lipinski definition) is 1. The van der Waals surface area contributed by atoms with Gasteiger partial charge >= 0.3 is 0 Å². The van der Waals surface area contributed by atoms with E-state index in [2.05, 4.69) is 20.2 Å². The van der Waals surface area contributed by atoms with Gasteiger partial charge < -0.3 is 15.1 Å². The minimum absolute atomic E-state index is 0.0240. The number of rotatable bonds is 4. The third-order valence-electron chi connectivity index (χ3n) is 5.59. The Balaban J connectivity index is 1.39. The summed E-state index contributed by atoms with van der Waals surface area (Å²) in [6.07, 6.45) is 5.81. The van der Waals surface area contributed by atoms with Gasteiger partial charge in [0.1, 0.15) is 0 Å². The van der Waals surface area contributed by atoms with E-state index < -0.39 is 0 Å². The first-order valence-electron chi connectivity index (χ1n) is 9.77. The van der Waals surface area contributed by atoms with Crippen molar-refractivity contribution in [1.29, 1.82) is 0 Å². The van der Waals surface area contributed by atoms with Crippen molar-refractivity contribution in [3.05, 3.63) is 41.7 Å². The maximum Gasteiger partial charge on any atom is 0.229 e. The molecule has 0 spiro atoms. The van der Waals surface area contributed by atoms with Gasteiger partial charge in [-0.15, -0.1) is 0 Å². The van der Waals surface area contributed by atoms with Gasteiger partial charge in [0.15, 0.2) is 0 Å². The highest BCUT2D eigenvalue weighted by molar-refractivity contribution is 6.03. The zero-order valence-corrected chi connectivity index (χ0v) is 16.3. The molecule has 0 saturated carbocycles. The molecule has 1 aromatic heterocycles. The highest BCUT2D eigenvalue weighted by Crippen LogP contribution is 2.27. The Kier molecular flexibility index (Phi) is 4.98. The SMILES string of the molecule is Cc1ccc(N2CC(C(=O)Nc3cnc(N4CCCC4)nc3)CC2=O)cc1C. The molecule has 2 saturated heterocycles. The van der Waals surface area contributed by atoms with Crippen molar-refractivity contribution >= 4 is 29.1 Å². The molecule has 2 amide bonds. The summed E-state index contributed by atoms with van der Waals surface area (Å²) >= 11 is 0. The molecular weight excluding hydrogens is 354 g/mol. The van der Waals surface area contributed by atoms with Gasteiger partial charge in [0.25, 0.3) is 0 Å². The van der Waals surface area contributed by atoms with Gasteiger partial charge in [-0.1, -0.05) is 6.07 Å². The molecule has 4 rings (SSSR count). The Morgan fingerprint density at radius 2 is 1.82 bits per heavy atom. The molecule has 1 atom stereocenters. The van der Waals surface area contributed by atoms with E-state index in [0.717, 1.165) is 37.2 Å². The minimum Gasteiger partial charge on any atom is -0.341 e. The van der Waals surface area contributed by atoms with Crippen molar-refractivity contribution in [3.63, 3.8) is 0 Å². The average Bonchev–Trinajstić information content (AvgIpc) is 3.35. The van der Waals surface area contributed by atoms with Gasteiger partial charge in [-0.3, -0.25) is 9.59 Å². The predicted octanol–water partition coefficient (Wildman–Crippen LogP) is 2.69. The van der Waals surface area contributed by atoms with E-state index in [9.17, 15) is 9.59 Å². The number of benzene rings is 1. The predicted molar refractivity (Wildman–Crippen MR) is 108 cm³/mol. The van der Waals surface area contributed by atoms with Gasteiger partial charge in [0.2, 0.25) is 17.8 Å². The van der Waals surface area contributed by atoms with Crippen LogP contribution in [-0.2, 0) is 9.59 Å². The molecule has 2 aliphatic rings. The maximum absolute atomic E-state index is 12.6. The lowest BCUT2D eigenvalue weighted by Gasteiger charge is -2.18. The molecule has 0 radical (unpaired) electrons. The minimum atomic E-state index is -0.382. The summed E-state index contributed by atoms with van der Waals surface area (Å²) in [6, 6.07) is 5.94. The summed E-state index contributed by atoms with van der Waals surface area (Å²) in [5.74, 6) is 0.126. The zero-order valence-electron chi connectivity index (χ0n) is 16.3. The smallest absolute Gasteiger partial charge is 0.229 e. The van der Waals surface area contributed by atoms with Crippen LogP contribution in [-0.4, -0.2) is 41.4 Å². The first kappa shape index (κ1) is 18.4. The number of carbonyl (C=O) groups is 2. The third kappa shape index (κ3) is 3.69. The third-order valence-corrected chi connectivity index (χ3v) is 5.59. The monoisotopic (exact) mass is 379 g/mol. The Bertz CT molecular complexity index is 890. The number of hydrogen-bond acceptors (Lipinski definition) is 5. The van der Waals surface area contributed by atoms with Crippen LogP contribution >= 0.6 is 0 Å². The second-order valence-electron chi connectivity index (χ2n) is 7.63. The van der Waals surface area contributed by atoms with Crippen LogP contribution in [0, 0.1) is 19.8 Å². The van der Waals surface area contributed by atoms with Crippen LogP contribution in [0.2, 0.25) is 0 Å². The number of aromatic nitrogens is 2. The van der Waals surface area contributed by atoms with Crippen LogP contribution in [0.15, 0.2) is 30.6 Å². The molecule has 7 nitrogen and oxygen atoms in total. The van der Waals surface area contributed by atoms with Crippen LogP contribution in [0.3, 0.4) is 0 Å². The Morgan fingerprint density at radius 3 is 2.50 bits per heavy atom. The zero-order chi connectivity index (χ0) is 19.7. The standard InChI is InChI=1S/C21H25N5O2/c1-14-5-6-18(9-15(14)2)26-13-16(10-19(26)27)20(28)24-17-11-22-21(23-12-17)25-7-3-4-8-25/h5-6,9,11-12,16H,3-4,7-8,10,13H2,1-2H3,(H,24,28). The van der Waals surface area contributed by atoms with E-state index in [0.29, 0.717) is 18.2 Å². The summed E-state index contributed by atoms with van der Waals surface area (Å²) in [4.78, 5) is 37.6. The number of carbonyl (C=O) groups excluding carboxylic acids is 2. The molecule has 146 valence electrons. The second-order valence-corrected chi connectivity index (χ2v) is 7.63. The Labute approximate surface area is 164 Å². The lowest BCUT2D eigenvalue weighted by molar-refractivity contribution is -0.122. The Hall–Kier alpha value is -2.96. The summed E-state index contributed by atoms with van der Waals surface area (Å²) < 4.78 is 0. The van der Waals surface area contributed by atoms with E-state index in [1.807, 2.05) is 32.0 Å². The number of nitrogens with one attached hydrogen (secondary N) is 1. The van der Waals surface area contributed by atoms with Crippen molar-refractivity contribution in [1.82, 2.24) is 9.97 Å². The fraction of sp³-hybridized carbons (Fsp3) is 0.429. The Morgan fingerprint density at radius 1 is 1.11 bits per heavy atom.